The van der Waals surface area contributed by atoms with Gasteiger partial charge in [-0.3, -0.25) is 4.79 Å². The van der Waals surface area contributed by atoms with E-state index in [2.05, 4.69) is 4.98 Å². The number of aromatic nitrogens is 1. The molecule has 1 aromatic heterocycles. The number of carboxylic acids is 1. The molecule has 5 nitrogen and oxygen atoms in total. The van der Waals surface area contributed by atoms with Crippen molar-refractivity contribution in [2.24, 2.45) is 0 Å². The van der Waals surface area contributed by atoms with Crippen LogP contribution in [0.5, 0.6) is 0 Å². The van der Waals surface area contributed by atoms with Crippen molar-refractivity contribution in [3.05, 3.63) is 29.6 Å². The van der Waals surface area contributed by atoms with Gasteiger partial charge < -0.3 is 10.0 Å². The van der Waals surface area contributed by atoms with Crippen LogP contribution in [-0.4, -0.2) is 45.6 Å². The average molecular weight is 252 g/mol. The average Bonchev–Trinajstić information content (AvgIpc) is 2.72. The van der Waals surface area contributed by atoms with Crippen molar-refractivity contribution in [1.82, 2.24) is 9.88 Å². The van der Waals surface area contributed by atoms with Gasteiger partial charge >= 0.3 is 5.97 Å². The molecular weight excluding hydrogens is 239 g/mol. The predicted molar refractivity (Wildman–Crippen MR) is 61.0 cm³/mol. The molecule has 1 unspecified atom stereocenters. The Morgan fingerprint density at radius 2 is 2.22 bits per heavy atom. The summed E-state index contributed by atoms with van der Waals surface area (Å²) >= 11 is 0. The minimum atomic E-state index is -2.33. The number of amides is 1. The number of carbonyl (C=O) groups excluding carboxylic acids is 1. The van der Waals surface area contributed by atoms with E-state index in [9.17, 15) is 14.0 Å². The summed E-state index contributed by atoms with van der Waals surface area (Å²) in [5.41, 5.74) is -1.44. The standard InChI is InChI=1S/C12H13FN2O3/c1-8-3-2-4-9(14-8)10(16)15-6-5-12(13,7-15)11(17)18/h2-4H,5-7H2,1H3,(H,17,18). The first-order valence-corrected chi connectivity index (χ1v) is 5.58. The van der Waals surface area contributed by atoms with E-state index >= 15 is 0 Å². The smallest absolute Gasteiger partial charge is 0.343 e. The van der Waals surface area contributed by atoms with Crippen molar-refractivity contribution < 1.29 is 19.1 Å². The first-order valence-electron chi connectivity index (χ1n) is 5.58. The summed E-state index contributed by atoms with van der Waals surface area (Å²) in [5.74, 6) is -1.95. The molecule has 2 heterocycles. The van der Waals surface area contributed by atoms with Crippen LogP contribution in [0.25, 0.3) is 0 Å². The van der Waals surface area contributed by atoms with Gasteiger partial charge in [-0.1, -0.05) is 6.07 Å². The van der Waals surface area contributed by atoms with E-state index in [0.29, 0.717) is 5.69 Å². The summed E-state index contributed by atoms with van der Waals surface area (Å²) in [4.78, 5) is 28.0. The predicted octanol–water partition coefficient (Wildman–Crippen LogP) is 1.03. The maximum absolute atomic E-state index is 13.8. The lowest BCUT2D eigenvalue weighted by atomic mass is 10.1. The topological polar surface area (TPSA) is 70.5 Å². The van der Waals surface area contributed by atoms with Crippen LogP contribution in [0.1, 0.15) is 22.6 Å². The van der Waals surface area contributed by atoms with Gasteiger partial charge in [0.25, 0.3) is 5.91 Å². The van der Waals surface area contributed by atoms with Crippen LogP contribution in [0.4, 0.5) is 4.39 Å². The Kier molecular flexibility index (Phi) is 3.02. The van der Waals surface area contributed by atoms with E-state index in [-0.39, 0.29) is 18.7 Å². The Labute approximate surface area is 103 Å². The summed E-state index contributed by atoms with van der Waals surface area (Å²) in [6.07, 6.45) is -0.181. The maximum Gasteiger partial charge on any atom is 0.343 e. The lowest BCUT2D eigenvalue weighted by Gasteiger charge is -2.17. The third kappa shape index (κ3) is 2.18. The number of pyridine rings is 1. The Balaban J connectivity index is 2.15. The van der Waals surface area contributed by atoms with Gasteiger partial charge in [-0.2, -0.15) is 0 Å². The van der Waals surface area contributed by atoms with Gasteiger partial charge in [0.15, 0.2) is 0 Å². The fourth-order valence-electron chi connectivity index (χ4n) is 1.94. The highest BCUT2D eigenvalue weighted by atomic mass is 19.1. The van der Waals surface area contributed by atoms with Gasteiger partial charge in [0.1, 0.15) is 5.69 Å². The number of carbonyl (C=O) groups is 2. The number of aryl methyl sites for hydroxylation is 1. The molecule has 0 saturated carbocycles. The van der Waals surface area contributed by atoms with E-state index in [4.69, 9.17) is 5.11 Å². The van der Waals surface area contributed by atoms with Crippen LogP contribution in [0.15, 0.2) is 18.2 Å². The molecule has 0 aliphatic carbocycles. The molecule has 0 bridgehead atoms. The minimum Gasteiger partial charge on any atom is -0.479 e. The molecule has 1 saturated heterocycles. The zero-order valence-corrected chi connectivity index (χ0v) is 9.89. The molecule has 1 aliphatic heterocycles. The molecule has 1 atom stereocenters. The van der Waals surface area contributed by atoms with Crippen molar-refractivity contribution in [2.75, 3.05) is 13.1 Å². The molecule has 96 valence electrons. The number of alkyl halides is 1. The number of hydrogen-bond acceptors (Lipinski definition) is 3. The van der Waals surface area contributed by atoms with Gasteiger partial charge in [-0.15, -0.1) is 0 Å². The highest BCUT2D eigenvalue weighted by molar-refractivity contribution is 5.93. The summed E-state index contributed by atoms with van der Waals surface area (Å²) < 4.78 is 13.8. The molecule has 18 heavy (non-hydrogen) atoms. The van der Waals surface area contributed by atoms with Crippen molar-refractivity contribution in [3.63, 3.8) is 0 Å². The highest BCUT2D eigenvalue weighted by Crippen LogP contribution is 2.26. The lowest BCUT2D eigenvalue weighted by molar-refractivity contribution is -0.149. The normalized spacial score (nSPS) is 23.1. The Morgan fingerprint density at radius 1 is 1.50 bits per heavy atom. The maximum atomic E-state index is 13.8. The number of hydrogen-bond donors (Lipinski definition) is 1. The van der Waals surface area contributed by atoms with Gasteiger partial charge in [-0.25, -0.2) is 14.2 Å². The third-order valence-electron chi connectivity index (χ3n) is 3.00. The lowest BCUT2D eigenvalue weighted by Crippen LogP contribution is -2.39. The van der Waals surface area contributed by atoms with Crippen molar-refractivity contribution in [2.45, 2.75) is 19.0 Å². The van der Waals surface area contributed by atoms with E-state index in [0.717, 1.165) is 0 Å². The van der Waals surface area contributed by atoms with Gasteiger partial charge in [0.2, 0.25) is 5.67 Å². The molecule has 6 heteroatoms. The molecule has 1 aromatic rings. The fourth-order valence-corrected chi connectivity index (χ4v) is 1.94. The molecule has 1 N–H and O–H groups in total. The van der Waals surface area contributed by atoms with Crippen molar-refractivity contribution >= 4 is 11.9 Å². The van der Waals surface area contributed by atoms with Gasteiger partial charge in [0.05, 0.1) is 6.54 Å². The van der Waals surface area contributed by atoms with Crippen LogP contribution < -0.4 is 0 Å². The number of halogens is 1. The van der Waals surface area contributed by atoms with Crippen LogP contribution in [0.2, 0.25) is 0 Å². The van der Waals surface area contributed by atoms with Crippen LogP contribution in [0.3, 0.4) is 0 Å². The van der Waals surface area contributed by atoms with Crippen LogP contribution in [-0.2, 0) is 4.79 Å². The second kappa shape index (κ2) is 4.36. The summed E-state index contributed by atoms with van der Waals surface area (Å²) in [6, 6.07) is 4.97. The molecule has 1 aliphatic rings. The second-order valence-corrected chi connectivity index (χ2v) is 4.41. The van der Waals surface area contributed by atoms with E-state index < -0.39 is 24.1 Å². The Morgan fingerprint density at radius 3 is 2.78 bits per heavy atom. The van der Waals surface area contributed by atoms with Crippen molar-refractivity contribution in [1.29, 1.82) is 0 Å². The molecule has 0 radical (unpaired) electrons. The van der Waals surface area contributed by atoms with Gasteiger partial charge in [0, 0.05) is 18.7 Å². The number of nitrogens with zero attached hydrogens (tertiary/aromatic N) is 2. The summed E-state index contributed by atoms with van der Waals surface area (Å²) in [6.45, 7) is 1.42. The number of rotatable bonds is 2. The molecule has 1 fully saturated rings. The van der Waals surface area contributed by atoms with Gasteiger partial charge in [-0.05, 0) is 19.1 Å². The zero-order chi connectivity index (χ0) is 13.3. The number of carboxylic acid groups (broad SMARTS) is 1. The highest BCUT2D eigenvalue weighted by Gasteiger charge is 2.47. The number of aliphatic carboxylic acids is 1. The second-order valence-electron chi connectivity index (χ2n) is 4.41. The molecule has 0 aromatic carbocycles. The molecule has 0 spiro atoms. The Hall–Kier alpha value is -1.98. The molecule has 1 amide bonds. The Bertz CT molecular complexity index is 506. The van der Waals surface area contributed by atoms with E-state index in [1.807, 2.05) is 0 Å². The van der Waals surface area contributed by atoms with E-state index in [1.54, 1.807) is 19.1 Å². The quantitative estimate of drug-likeness (QED) is 0.853. The van der Waals surface area contributed by atoms with Crippen LogP contribution in [0, 0.1) is 6.92 Å². The first-order chi connectivity index (χ1) is 8.42. The largest absolute Gasteiger partial charge is 0.479 e. The summed E-state index contributed by atoms with van der Waals surface area (Å²) in [5, 5.41) is 8.76. The number of likely N-dealkylation sites (tertiary alicyclic amines) is 1. The third-order valence-corrected chi connectivity index (χ3v) is 3.00. The fraction of sp³-hybridized carbons (Fsp3) is 0.417. The van der Waals surface area contributed by atoms with E-state index in [1.165, 1.54) is 11.0 Å². The zero-order valence-electron chi connectivity index (χ0n) is 9.89. The monoisotopic (exact) mass is 252 g/mol. The first kappa shape index (κ1) is 12.5. The van der Waals surface area contributed by atoms with Crippen molar-refractivity contribution in [3.8, 4) is 0 Å². The molecular formula is C12H13FN2O3. The molecule has 2 rings (SSSR count). The minimum absolute atomic E-state index is 0.0945. The van der Waals surface area contributed by atoms with Crippen LogP contribution >= 0.6 is 0 Å². The SMILES string of the molecule is Cc1cccc(C(=O)N2CCC(F)(C(=O)O)C2)n1. The summed E-state index contributed by atoms with van der Waals surface area (Å²) in [7, 11) is 0.